The summed E-state index contributed by atoms with van der Waals surface area (Å²) in [6.07, 6.45) is 5.05. The third kappa shape index (κ3) is 4.84. The van der Waals surface area contributed by atoms with Gasteiger partial charge in [-0.15, -0.1) is 0 Å². The third-order valence-corrected chi connectivity index (χ3v) is 4.20. The molecule has 0 radical (unpaired) electrons. The van der Waals surface area contributed by atoms with Crippen molar-refractivity contribution in [3.05, 3.63) is 0 Å². The van der Waals surface area contributed by atoms with Crippen molar-refractivity contribution in [3.63, 3.8) is 0 Å². The minimum absolute atomic E-state index is 0.204. The van der Waals surface area contributed by atoms with E-state index in [1.54, 1.807) is 0 Å². The Morgan fingerprint density at radius 3 is 2.72 bits per heavy atom. The first kappa shape index (κ1) is 14.3. The number of nitrogens with zero attached hydrogens (tertiary/aromatic N) is 2. The second-order valence-corrected chi connectivity index (χ2v) is 6.09. The number of aliphatic hydroxyl groups excluding tert-OH is 1. The van der Waals surface area contributed by atoms with Gasteiger partial charge in [0.25, 0.3) is 0 Å². The molecule has 4 heteroatoms. The van der Waals surface area contributed by atoms with E-state index < -0.39 is 0 Å². The first-order chi connectivity index (χ1) is 8.74. The standard InChI is InChI=1S/C14H29N3O/c1-16-6-4-5-13(11-16)9-15-10-14(18)12-17-7-2-3-8-17/h13-15,18H,2-12H2,1H3. The van der Waals surface area contributed by atoms with Crippen LogP contribution in [0, 0.1) is 5.92 Å². The van der Waals surface area contributed by atoms with Gasteiger partial charge >= 0.3 is 0 Å². The molecule has 2 unspecified atom stereocenters. The molecular weight excluding hydrogens is 226 g/mol. The Bertz CT molecular complexity index is 231. The van der Waals surface area contributed by atoms with Gasteiger partial charge < -0.3 is 20.2 Å². The van der Waals surface area contributed by atoms with Gasteiger partial charge in [-0.1, -0.05) is 0 Å². The summed E-state index contributed by atoms with van der Waals surface area (Å²) in [7, 11) is 2.20. The molecule has 2 aliphatic rings. The van der Waals surface area contributed by atoms with E-state index in [-0.39, 0.29) is 6.10 Å². The summed E-state index contributed by atoms with van der Waals surface area (Å²) >= 11 is 0. The van der Waals surface area contributed by atoms with E-state index in [9.17, 15) is 5.11 Å². The van der Waals surface area contributed by atoms with Gasteiger partial charge in [-0.2, -0.15) is 0 Å². The molecule has 0 saturated carbocycles. The molecule has 0 amide bonds. The largest absolute Gasteiger partial charge is 0.390 e. The van der Waals surface area contributed by atoms with Crippen molar-refractivity contribution in [1.82, 2.24) is 15.1 Å². The minimum Gasteiger partial charge on any atom is -0.390 e. The predicted octanol–water partition coefficient (Wildman–Crippen LogP) is 0.375. The highest BCUT2D eigenvalue weighted by Gasteiger charge is 2.18. The molecule has 0 spiro atoms. The van der Waals surface area contributed by atoms with Crippen molar-refractivity contribution >= 4 is 0 Å². The van der Waals surface area contributed by atoms with Crippen LogP contribution in [0.15, 0.2) is 0 Å². The highest BCUT2D eigenvalue weighted by atomic mass is 16.3. The maximum atomic E-state index is 9.98. The number of hydrogen-bond acceptors (Lipinski definition) is 4. The lowest BCUT2D eigenvalue weighted by molar-refractivity contribution is 0.119. The number of β-amino-alcohol motifs (C(OH)–C–C–N with tert-alkyl or cyclic N) is 1. The summed E-state index contributed by atoms with van der Waals surface area (Å²) in [6, 6.07) is 0. The smallest absolute Gasteiger partial charge is 0.0791 e. The molecule has 2 rings (SSSR count). The molecule has 0 aromatic carbocycles. The highest BCUT2D eigenvalue weighted by Crippen LogP contribution is 2.13. The van der Waals surface area contributed by atoms with Gasteiger partial charge in [-0.25, -0.2) is 0 Å². The molecule has 18 heavy (non-hydrogen) atoms. The fourth-order valence-electron chi connectivity index (χ4n) is 3.22. The summed E-state index contributed by atoms with van der Waals surface area (Å²) in [4.78, 5) is 4.79. The summed E-state index contributed by atoms with van der Waals surface area (Å²) in [5, 5.41) is 13.4. The first-order valence-corrected chi connectivity index (χ1v) is 7.53. The minimum atomic E-state index is -0.204. The Morgan fingerprint density at radius 2 is 2.00 bits per heavy atom. The lowest BCUT2D eigenvalue weighted by Crippen LogP contribution is -2.41. The van der Waals surface area contributed by atoms with Crippen LogP contribution in [0.5, 0.6) is 0 Å². The topological polar surface area (TPSA) is 38.7 Å². The van der Waals surface area contributed by atoms with Gasteiger partial charge in [0.2, 0.25) is 0 Å². The molecule has 2 atom stereocenters. The van der Waals surface area contributed by atoms with E-state index in [2.05, 4.69) is 22.2 Å². The van der Waals surface area contributed by atoms with Crippen LogP contribution in [0.25, 0.3) is 0 Å². The normalized spacial score (nSPS) is 28.7. The van der Waals surface area contributed by atoms with Gasteiger partial charge in [-0.05, 0) is 64.8 Å². The van der Waals surface area contributed by atoms with Crippen molar-refractivity contribution < 1.29 is 5.11 Å². The maximum Gasteiger partial charge on any atom is 0.0791 e. The molecule has 2 aliphatic heterocycles. The lowest BCUT2D eigenvalue weighted by atomic mass is 9.98. The van der Waals surface area contributed by atoms with E-state index >= 15 is 0 Å². The number of likely N-dealkylation sites (tertiary alicyclic amines) is 2. The predicted molar refractivity (Wildman–Crippen MR) is 74.8 cm³/mol. The van der Waals surface area contributed by atoms with Crippen molar-refractivity contribution in [2.24, 2.45) is 5.92 Å². The van der Waals surface area contributed by atoms with Gasteiger partial charge in [0.1, 0.15) is 0 Å². The monoisotopic (exact) mass is 255 g/mol. The zero-order valence-corrected chi connectivity index (χ0v) is 11.8. The van der Waals surface area contributed by atoms with Crippen LogP contribution in [0.1, 0.15) is 25.7 Å². The molecule has 0 bridgehead atoms. The Labute approximate surface area is 111 Å². The third-order valence-electron chi connectivity index (χ3n) is 4.20. The average molecular weight is 255 g/mol. The van der Waals surface area contributed by atoms with Crippen LogP contribution in [-0.4, -0.2) is 73.9 Å². The molecule has 2 saturated heterocycles. The highest BCUT2D eigenvalue weighted by molar-refractivity contribution is 4.75. The molecular formula is C14H29N3O. The van der Waals surface area contributed by atoms with E-state index in [0.717, 1.165) is 25.6 Å². The zero-order chi connectivity index (χ0) is 12.8. The Hall–Kier alpha value is -0.160. The Morgan fingerprint density at radius 1 is 1.22 bits per heavy atom. The molecule has 4 nitrogen and oxygen atoms in total. The SMILES string of the molecule is CN1CCCC(CNCC(O)CN2CCCC2)C1. The molecule has 0 aromatic heterocycles. The molecule has 106 valence electrons. The Kier molecular flexibility index (Phi) is 5.89. The molecule has 0 aliphatic carbocycles. The molecule has 2 heterocycles. The summed E-state index contributed by atoms with van der Waals surface area (Å²) in [5.41, 5.74) is 0. The van der Waals surface area contributed by atoms with Crippen LogP contribution in [0.2, 0.25) is 0 Å². The second-order valence-electron chi connectivity index (χ2n) is 6.09. The van der Waals surface area contributed by atoms with Crippen molar-refractivity contribution in [1.29, 1.82) is 0 Å². The van der Waals surface area contributed by atoms with E-state index in [1.165, 1.54) is 51.9 Å². The van der Waals surface area contributed by atoms with E-state index in [0.29, 0.717) is 0 Å². The number of rotatable bonds is 6. The van der Waals surface area contributed by atoms with Crippen LogP contribution in [0.4, 0.5) is 0 Å². The van der Waals surface area contributed by atoms with Crippen LogP contribution >= 0.6 is 0 Å². The fraction of sp³-hybridized carbons (Fsp3) is 1.00. The van der Waals surface area contributed by atoms with Gasteiger partial charge in [0.15, 0.2) is 0 Å². The summed E-state index contributed by atoms with van der Waals surface area (Å²) in [5.74, 6) is 0.766. The van der Waals surface area contributed by atoms with Crippen molar-refractivity contribution in [2.75, 3.05) is 52.9 Å². The van der Waals surface area contributed by atoms with Crippen molar-refractivity contribution in [3.8, 4) is 0 Å². The number of nitrogens with one attached hydrogen (secondary N) is 1. The van der Waals surface area contributed by atoms with E-state index in [1.807, 2.05) is 0 Å². The molecule has 2 fully saturated rings. The summed E-state index contributed by atoms with van der Waals surface area (Å²) in [6.45, 7) is 7.44. The number of piperidine rings is 1. The average Bonchev–Trinajstić information content (AvgIpc) is 2.82. The second kappa shape index (κ2) is 7.43. The molecule has 2 N–H and O–H groups in total. The Balaban J connectivity index is 1.53. The van der Waals surface area contributed by atoms with Crippen molar-refractivity contribution in [2.45, 2.75) is 31.8 Å². The van der Waals surface area contributed by atoms with Gasteiger partial charge in [0, 0.05) is 19.6 Å². The summed E-state index contributed by atoms with van der Waals surface area (Å²) < 4.78 is 0. The lowest BCUT2D eigenvalue weighted by Gasteiger charge is -2.30. The number of hydrogen-bond donors (Lipinski definition) is 2. The fourth-order valence-corrected chi connectivity index (χ4v) is 3.22. The quantitative estimate of drug-likeness (QED) is 0.719. The molecule has 0 aromatic rings. The maximum absolute atomic E-state index is 9.98. The number of aliphatic hydroxyl groups is 1. The van der Waals surface area contributed by atoms with Gasteiger partial charge in [-0.3, -0.25) is 0 Å². The van der Waals surface area contributed by atoms with Crippen LogP contribution < -0.4 is 5.32 Å². The van der Waals surface area contributed by atoms with E-state index in [4.69, 9.17) is 0 Å². The zero-order valence-electron chi connectivity index (χ0n) is 11.8. The van der Waals surface area contributed by atoms with Crippen LogP contribution in [-0.2, 0) is 0 Å². The van der Waals surface area contributed by atoms with Gasteiger partial charge in [0.05, 0.1) is 6.10 Å². The van der Waals surface area contributed by atoms with Crippen LogP contribution in [0.3, 0.4) is 0 Å². The first-order valence-electron chi connectivity index (χ1n) is 7.53.